The van der Waals surface area contributed by atoms with Gasteiger partial charge in [0.1, 0.15) is 35.7 Å². The topological polar surface area (TPSA) is 108 Å². The predicted octanol–water partition coefficient (Wildman–Crippen LogP) is 3.93. The van der Waals surface area contributed by atoms with Crippen LogP contribution in [0.25, 0.3) is 22.2 Å². The number of nitrogens with zero attached hydrogens (tertiary/aromatic N) is 4. The summed E-state index contributed by atoms with van der Waals surface area (Å²) in [5, 5.41) is 3.83. The number of anilines is 1. The fourth-order valence-electron chi connectivity index (χ4n) is 7.28. The average Bonchev–Trinajstić information content (AvgIpc) is 3.67. The van der Waals surface area contributed by atoms with E-state index >= 15 is 0 Å². The molecule has 3 saturated heterocycles. The summed E-state index contributed by atoms with van der Waals surface area (Å²) < 4.78 is 14.8. The van der Waals surface area contributed by atoms with Crippen molar-refractivity contribution in [2.24, 2.45) is 5.92 Å². The van der Waals surface area contributed by atoms with Crippen LogP contribution in [0.4, 0.5) is 5.82 Å². The lowest BCUT2D eigenvalue weighted by Gasteiger charge is -2.34. The highest BCUT2D eigenvalue weighted by molar-refractivity contribution is 6.00. The summed E-state index contributed by atoms with van der Waals surface area (Å²) in [7, 11) is 0. The van der Waals surface area contributed by atoms with Crippen molar-refractivity contribution in [2.75, 3.05) is 38.5 Å². The first-order chi connectivity index (χ1) is 19.1. The number of fused-ring (bicyclic) bond motifs is 3. The van der Waals surface area contributed by atoms with Crippen molar-refractivity contribution in [3.63, 3.8) is 0 Å². The summed E-state index contributed by atoms with van der Waals surface area (Å²) in [4.78, 5) is 23.1. The Morgan fingerprint density at radius 1 is 1.13 bits per heavy atom. The third kappa shape index (κ3) is 4.87. The number of carbonyl (C=O) groups is 1. The predicted molar refractivity (Wildman–Crippen MR) is 149 cm³/mol. The van der Waals surface area contributed by atoms with Gasteiger partial charge in [-0.25, -0.2) is 9.97 Å². The minimum absolute atomic E-state index is 0.103. The summed E-state index contributed by atoms with van der Waals surface area (Å²) in [6.45, 7) is 3.84. The Bertz CT molecular complexity index is 1360. The maximum absolute atomic E-state index is 11.8. The van der Waals surface area contributed by atoms with Crippen LogP contribution in [0.2, 0.25) is 0 Å². The first-order valence-electron chi connectivity index (χ1n) is 14.6. The second kappa shape index (κ2) is 10.1. The largest absolute Gasteiger partial charge is 0.491 e. The maximum atomic E-state index is 11.8. The van der Waals surface area contributed by atoms with Crippen molar-refractivity contribution >= 4 is 22.8 Å². The summed E-state index contributed by atoms with van der Waals surface area (Å²) >= 11 is 0. The fraction of sp³-hybridized carbons (Fsp3) is 0.567. The summed E-state index contributed by atoms with van der Waals surface area (Å²) in [5.74, 6) is 2.13. The van der Waals surface area contributed by atoms with Crippen LogP contribution in [-0.4, -0.2) is 69.8 Å². The van der Waals surface area contributed by atoms with E-state index in [2.05, 4.69) is 38.1 Å². The number of piperazine rings is 1. The van der Waals surface area contributed by atoms with Gasteiger partial charge in [-0.3, -0.25) is 9.69 Å². The minimum Gasteiger partial charge on any atom is -0.491 e. The van der Waals surface area contributed by atoms with E-state index in [0.29, 0.717) is 37.0 Å². The molecule has 4 aliphatic rings. The van der Waals surface area contributed by atoms with Crippen molar-refractivity contribution in [3.05, 3.63) is 36.8 Å². The Labute approximate surface area is 229 Å². The molecule has 2 aromatic heterocycles. The van der Waals surface area contributed by atoms with Gasteiger partial charge in [0, 0.05) is 37.4 Å². The van der Waals surface area contributed by atoms with E-state index in [-0.39, 0.29) is 11.5 Å². The molecule has 3 aromatic rings. The van der Waals surface area contributed by atoms with Gasteiger partial charge in [0.15, 0.2) is 0 Å². The molecule has 0 unspecified atom stereocenters. The number of carbonyl (C=O) groups excluding carboxylic acids is 1. The van der Waals surface area contributed by atoms with Gasteiger partial charge in [-0.1, -0.05) is 12.1 Å². The molecule has 5 heterocycles. The Kier molecular flexibility index (Phi) is 6.43. The monoisotopic (exact) mass is 530 g/mol. The number of aromatic nitrogens is 3. The number of ether oxygens (including phenoxy) is 2. The summed E-state index contributed by atoms with van der Waals surface area (Å²) in [6.07, 6.45) is 13.2. The van der Waals surface area contributed by atoms with Gasteiger partial charge < -0.3 is 25.1 Å². The van der Waals surface area contributed by atoms with Crippen LogP contribution in [0.5, 0.6) is 5.75 Å². The number of benzene rings is 1. The Hall–Kier alpha value is -3.17. The third-order valence-corrected chi connectivity index (χ3v) is 9.39. The van der Waals surface area contributed by atoms with Crippen LogP contribution < -0.4 is 15.8 Å². The number of amides is 1. The molecule has 1 aliphatic carbocycles. The second-order valence-corrected chi connectivity index (χ2v) is 12.0. The number of rotatable bonds is 7. The molecule has 3 aliphatic heterocycles. The SMILES string of the molecule is Nc1ncnc2c1c(-c1cccc(OCC34CCC(CC3)O4)c1)cn2C1CCC(CN2CCNC(=O)C2)CC1. The Morgan fingerprint density at radius 2 is 1.97 bits per heavy atom. The van der Waals surface area contributed by atoms with Gasteiger partial charge in [0.2, 0.25) is 5.91 Å². The van der Waals surface area contributed by atoms with E-state index in [9.17, 15) is 4.79 Å². The van der Waals surface area contributed by atoms with E-state index in [1.54, 1.807) is 6.33 Å². The molecule has 2 bridgehead atoms. The van der Waals surface area contributed by atoms with Gasteiger partial charge in [0.25, 0.3) is 0 Å². The number of nitrogens with one attached hydrogen (secondary N) is 1. The molecule has 206 valence electrons. The van der Waals surface area contributed by atoms with Crippen LogP contribution in [-0.2, 0) is 9.53 Å². The van der Waals surface area contributed by atoms with Crippen LogP contribution >= 0.6 is 0 Å². The molecule has 7 rings (SSSR count). The number of nitrogens with two attached hydrogens (primary N) is 1. The first-order valence-corrected chi connectivity index (χ1v) is 14.6. The Balaban J connectivity index is 1.09. The Morgan fingerprint density at radius 3 is 2.74 bits per heavy atom. The molecule has 4 fully saturated rings. The molecule has 1 saturated carbocycles. The number of hydrogen-bond acceptors (Lipinski definition) is 7. The fourth-order valence-corrected chi connectivity index (χ4v) is 7.28. The highest BCUT2D eigenvalue weighted by Crippen LogP contribution is 2.44. The lowest BCUT2D eigenvalue weighted by atomic mass is 9.85. The van der Waals surface area contributed by atoms with E-state index in [1.165, 1.54) is 0 Å². The van der Waals surface area contributed by atoms with Gasteiger partial charge >= 0.3 is 0 Å². The van der Waals surface area contributed by atoms with Gasteiger partial charge in [0.05, 0.1) is 18.0 Å². The van der Waals surface area contributed by atoms with Crippen molar-refractivity contribution in [3.8, 4) is 16.9 Å². The standard InChI is InChI=1S/C30H38N6O3/c31-28-27-25(21-2-1-3-24(14-21)38-18-30-10-8-23(39-30)9-11-30)16-36(29(27)34-19-33-28)22-6-4-20(5-7-22)15-35-13-12-32-26(37)17-35/h1-3,14,16,19-20,22-23H,4-13,15,17-18H2,(H,32,37)(H2,31,33,34). The van der Waals surface area contributed by atoms with Crippen LogP contribution in [0.1, 0.15) is 57.4 Å². The summed E-state index contributed by atoms with van der Waals surface area (Å²) in [5.41, 5.74) is 9.35. The van der Waals surface area contributed by atoms with Gasteiger partial charge in [-0.2, -0.15) is 0 Å². The highest BCUT2D eigenvalue weighted by Gasteiger charge is 2.46. The second-order valence-electron chi connectivity index (χ2n) is 12.0. The van der Waals surface area contributed by atoms with Crippen molar-refractivity contribution < 1.29 is 14.3 Å². The molecule has 1 aromatic carbocycles. The molecular formula is C30H38N6O3. The molecule has 9 nitrogen and oxygen atoms in total. The lowest BCUT2D eigenvalue weighted by Crippen LogP contribution is -2.49. The zero-order valence-electron chi connectivity index (χ0n) is 22.5. The molecule has 9 heteroatoms. The quantitative estimate of drug-likeness (QED) is 0.477. The normalized spacial score (nSPS) is 29.1. The summed E-state index contributed by atoms with van der Waals surface area (Å²) in [6, 6.07) is 8.65. The van der Waals surface area contributed by atoms with E-state index in [0.717, 1.165) is 98.9 Å². The molecular weight excluding hydrogens is 492 g/mol. The molecule has 39 heavy (non-hydrogen) atoms. The maximum Gasteiger partial charge on any atom is 0.234 e. The van der Waals surface area contributed by atoms with Crippen molar-refractivity contribution in [1.29, 1.82) is 0 Å². The molecule has 0 spiro atoms. The van der Waals surface area contributed by atoms with E-state index in [1.807, 2.05) is 12.1 Å². The lowest BCUT2D eigenvalue weighted by molar-refractivity contribution is -0.124. The van der Waals surface area contributed by atoms with Crippen LogP contribution in [0, 0.1) is 5.92 Å². The van der Waals surface area contributed by atoms with Gasteiger partial charge in [-0.15, -0.1) is 0 Å². The van der Waals surface area contributed by atoms with Gasteiger partial charge in [-0.05, 0) is 75.0 Å². The minimum atomic E-state index is -0.103. The van der Waals surface area contributed by atoms with Crippen molar-refractivity contribution in [1.82, 2.24) is 24.8 Å². The molecule has 0 atom stereocenters. The zero-order valence-corrected chi connectivity index (χ0v) is 22.5. The first kappa shape index (κ1) is 24.8. The van der Waals surface area contributed by atoms with Crippen LogP contribution in [0.15, 0.2) is 36.8 Å². The van der Waals surface area contributed by atoms with E-state index < -0.39 is 0 Å². The number of hydrogen-bond donors (Lipinski definition) is 2. The average molecular weight is 531 g/mol. The third-order valence-electron chi connectivity index (χ3n) is 9.39. The molecule has 0 radical (unpaired) electrons. The van der Waals surface area contributed by atoms with E-state index in [4.69, 9.17) is 20.2 Å². The zero-order chi connectivity index (χ0) is 26.4. The molecule has 3 N–H and O–H groups in total. The molecule has 1 amide bonds. The smallest absolute Gasteiger partial charge is 0.234 e. The van der Waals surface area contributed by atoms with Crippen LogP contribution in [0.3, 0.4) is 0 Å². The van der Waals surface area contributed by atoms with Crippen molar-refractivity contribution in [2.45, 2.75) is 69.1 Å². The number of nitrogen functional groups attached to an aromatic ring is 1. The highest BCUT2D eigenvalue weighted by atomic mass is 16.6.